The number of ether oxygens (including phenoxy) is 1. The molecule has 0 saturated carbocycles. The average molecular weight is 217 g/mol. The van der Waals surface area contributed by atoms with Crippen molar-refractivity contribution in [2.75, 3.05) is 5.94 Å². The van der Waals surface area contributed by atoms with E-state index in [1.54, 1.807) is 11.8 Å². The molecular weight excluding hydrogens is 212 g/mol. The van der Waals surface area contributed by atoms with E-state index in [0.29, 0.717) is 0 Å². The molecule has 1 nitrogen and oxygen atoms in total. The van der Waals surface area contributed by atoms with Gasteiger partial charge in [0.1, 0.15) is 11.7 Å². The molecule has 0 bridgehead atoms. The Kier molecular flexibility index (Phi) is 1.62. The van der Waals surface area contributed by atoms with Crippen LogP contribution in [0.15, 0.2) is 27.6 Å². The van der Waals surface area contributed by atoms with Gasteiger partial charge in [0, 0.05) is 4.47 Å². The van der Waals surface area contributed by atoms with Crippen LogP contribution >= 0.6 is 27.7 Å². The molecule has 0 radical (unpaired) electrons. The van der Waals surface area contributed by atoms with Crippen molar-refractivity contribution in [2.45, 2.75) is 4.90 Å². The summed E-state index contributed by atoms with van der Waals surface area (Å²) in [5.41, 5.74) is 0. The van der Waals surface area contributed by atoms with Crippen molar-refractivity contribution in [3.05, 3.63) is 22.7 Å². The van der Waals surface area contributed by atoms with Crippen LogP contribution in [0.1, 0.15) is 0 Å². The molecule has 0 aliphatic carbocycles. The van der Waals surface area contributed by atoms with E-state index in [-0.39, 0.29) is 0 Å². The Labute approximate surface area is 71.9 Å². The second kappa shape index (κ2) is 2.47. The first kappa shape index (κ1) is 6.55. The summed E-state index contributed by atoms with van der Waals surface area (Å²) >= 11 is 5.13. The molecule has 1 aromatic carbocycles. The van der Waals surface area contributed by atoms with Crippen LogP contribution in [0.5, 0.6) is 5.75 Å². The minimum atomic E-state index is 0.756. The molecule has 0 unspecified atom stereocenters. The quantitative estimate of drug-likeness (QED) is 0.660. The number of rotatable bonds is 0. The Morgan fingerprint density at radius 2 is 2.40 bits per heavy atom. The normalized spacial score (nSPS) is 14.5. The Morgan fingerprint density at radius 3 is 3.30 bits per heavy atom. The van der Waals surface area contributed by atoms with Gasteiger partial charge in [0.2, 0.25) is 0 Å². The summed E-state index contributed by atoms with van der Waals surface area (Å²) in [6.45, 7) is 0. The SMILES string of the molecule is Brc1ccc2c(c1)SCO2. The zero-order chi connectivity index (χ0) is 6.97. The van der Waals surface area contributed by atoms with Crippen LogP contribution < -0.4 is 4.74 Å². The lowest BCUT2D eigenvalue weighted by Crippen LogP contribution is -1.81. The van der Waals surface area contributed by atoms with Gasteiger partial charge in [-0.25, -0.2) is 0 Å². The van der Waals surface area contributed by atoms with Crippen LogP contribution in [-0.2, 0) is 0 Å². The van der Waals surface area contributed by atoms with E-state index in [9.17, 15) is 0 Å². The van der Waals surface area contributed by atoms with Crippen LogP contribution in [0.3, 0.4) is 0 Å². The standard InChI is InChI=1S/C7H5BrOS/c8-5-1-2-6-7(3-5)10-4-9-6/h1-3H,4H2. The smallest absolute Gasteiger partial charge is 0.138 e. The molecule has 0 atom stereocenters. The number of thioether (sulfide) groups is 1. The lowest BCUT2D eigenvalue weighted by atomic mass is 10.3. The third-order valence-corrected chi connectivity index (χ3v) is 2.69. The second-order valence-electron chi connectivity index (χ2n) is 2.00. The minimum absolute atomic E-state index is 0.756. The van der Waals surface area contributed by atoms with E-state index in [2.05, 4.69) is 22.0 Å². The second-order valence-corrected chi connectivity index (χ2v) is 3.88. The highest BCUT2D eigenvalue weighted by Gasteiger charge is 2.11. The van der Waals surface area contributed by atoms with Gasteiger partial charge in [-0.1, -0.05) is 27.7 Å². The summed E-state index contributed by atoms with van der Waals surface area (Å²) in [6, 6.07) is 6.05. The summed E-state index contributed by atoms with van der Waals surface area (Å²) in [4.78, 5) is 1.23. The fraction of sp³-hybridized carbons (Fsp3) is 0.143. The Hall–Kier alpha value is -0.150. The van der Waals surface area contributed by atoms with E-state index in [0.717, 1.165) is 16.2 Å². The van der Waals surface area contributed by atoms with Gasteiger partial charge in [-0.05, 0) is 18.2 Å². The van der Waals surface area contributed by atoms with Gasteiger partial charge < -0.3 is 4.74 Å². The fourth-order valence-corrected chi connectivity index (χ4v) is 2.18. The number of benzene rings is 1. The van der Waals surface area contributed by atoms with Crippen LogP contribution in [-0.4, -0.2) is 5.94 Å². The van der Waals surface area contributed by atoms with Crippen LogP contribution in [0.4, 0.5) is 0 Å². The summed E-state index contributed by atoms with van der Waals surface area (Å²) in [5.74, 6) is 1.76. The maximum Gasteiger partial charge on any atom is 0.138 e. The maximum atomic E-state index is 5.30. The van der Waals surface area contributed by atoms with Gasteiger partial charge in [0.05, 0.1) is 4.90 Å². The first-order valence-electron chi connectivity index (χ1n) is 2.91. The molecule has 0 aromatic heterocycles. The Morgan fingerprint density at radius 1 is 1.50 bits per heavy atom. The Balaban J connectivity index is 2.52. The van der Waals surface area contributed by atoms with E-state index >= 15 is 0 Å². The molecule has 1 aliphatic rings. The molecular formula is C7H5BrOS. The monoisotopic (exact) mass is 216 g/mol. The molecule has 1 aromatic rings. The van der Waals surface area contributed by atoms with Gasteiger partial charge in [-0.3, -0.25) is 0 Å². The molecule has 10 heavy (non-hydrogen) atoms. The van der Waals surface area contributed by atoms with E-state index in [4.69, 9.17) is 4.74 Å². The van der Waals surface area contributed by atoms with Crippen molar-refractivity contribution in [1.82, 2.24) is 0 Å². The first-order valence-corrected chi connectivity index (χ1v) is 4.69. The van der Waals surface area contributed by atoms with Crippen molar-refractivity contribution in [2.24, 2.45) is 0 Å². The molecule has 1 aliphatic heterocycles. The lowest BCUT2D eigenvalue weighted by molar-refractivity contribution is 0.397. The van der Waals surface area contributed by atoms with Gasteiger partial charge in [0.25, 0.3) is 0 Å². The highest BCUT2D eigenvalue weighted by Crippen LogP contribution is 2.37. The molecule has 52 valence electrons. The van der Waals surface area contributed by atoms with E-state index < -0.39 is 0 Å². The van der Waals surface area contributed by atoms with E-state index in [1.165, 1.54) is 4.90 Å². The summed E-state index contributed by atoms with van der Waals surface area (Å²) in [5, 5.41) is 0. The largest absolute Gasteiger partial charge is 0.481 e. The molecule has 0 amide bonds. The molecule has 0 spiro atoms. The third kappa shape index (κ3) is 1.04. The third-order valence-electron chi connectivity index (χ3n) is 1.33. The summed E-state index contributed by atoms with van der Waals surface area (Å²) < 4.78 is 6.41. The van der Waals surface area contributed by atoms with Crippen LogP contribution in [0.2, 0.25) is 0 Å². The molecule has 0 saturated heterocycles. The van der Waals surface area contributed by atoms with Crippen molar-refractivity contribution in [1.29, 1.82) is 0 Å². The zero-order valence-corrected chi connectivity index (χ0v) is 7.54. The van der Waals surface area contributed by atoms with Gasteiger partial charge in [-0.15, -0.1) is 0 Å². The van der Waals surface area contributed by atoms with Crippen molar-refractivity contribution >= 4 is 27.7 Å². The van der Waals surface area contributed by atoms with Crippen molar-refractivity contribution < 1.29 is 4.74 Å². The highest BCUT2D eigenvalue weighted by atomic mass is 79.9. The minimum Gasteiger partial charge on any atom is -0.481 e. The average Bonchev–Trinajstić information content (AvgIpc) is 2.33. The fourth-order valence-electron chi connectivity index (χ4n) is 0.870. The number of hydrogen-bond donors (Lipinski definition) is 0. The molecule has 1 heterocycles. The maximum absolute atomic E-state index is 5.30. The van der Waals surface area contributed by atoms with Gasteiger partial charge >= 0.3 is 0 Å². The number of hydrogen-bond acceptors (Lipinski definition) is 2. The zero-order valence-electron chi connectivity index (χ0n) is 5.13. The molecule has 0 fully saturated rings. The topological polar surface area (TPSA) is 9.23 Å². The summed E-state index contributed by atoms with van der Waals surface area (Å²) in [6.07, 6.45) is 0. The molecule has 0 N–H and O–H groups in total. The highest BCUT2D eigenvalue weighted by molar-refractivity contribution is 9.10. The Bertz CT molecular complexity index is 262. The first-order chi connectivity index (χ1) is 4.86. The lowest BCUT2D eigenvalue weighted by Gasteiger charge is -1.95. The van der Waals surface area contributed by atoms with Crippen molar-refractivity contribution in [3.8, 4) is 5.75 Å². The van der Waals surface area contributed by atoms with Crippen LogP contribution in [0, 0.1) is 0 Å². The van der Waals surface area contributed by atoms with Gasteiger partial charge in [-0.2, -0.15) is 0 Å². The predicted molar refractivity (Wildman–Crippen MR) is 45.5 cm³/mol. The van der Waals surface area contributed by atoms with Crippen LogP contribution in [0.25, 0.3) is 0 Å². The van der Waals surface area contributed by atoms with E-state index in [1.807, 2.05) is 12.1 Å². The number of halogens is 1. The predicted octanol–water partition coefficient (Wildman–Crippen LogP) is 2.89. The molecule has 3 heteroatoms. The van der Waals surface area contributed by atoms with Crippen molar-refractivity contribution in [3.63, 3.8) is 0 Å². The summed E-state index contributed by atoms with van der Waals surface area (Å²) in [7, 11) is 0. The number of fused-ring (bicyclic) bond motifs is 1. The molecule has 2 rings (SSSR count). The van der Waals surface area contributed by atoms with Gasteiger partial charge in [0.15, 0.2) is 0 Å².